The van der Waals surface area contributed by atoms with E-state index in [2.05, 4.69) is 10.2 Å². The number of hydrogen-bond acceptors (Lipinski definition) is 4. The van der Waals surface area contributed by atoms with Crippen LogP contribution in [0.3, 0.4) is 0 Å². The Morgan fingerprint density at radius 1 is 1.28 bits per heavy atom. The maximum atomic E-state index is 12.3. The fourth-order valence-electron chi connectivity index (χ4n) is 1.85. The number of aryl methyl sites for hydroxylation is 2. The summed E-state index contributed by atoms with van der Waals surface area (Å²) in [4.78, 5) is 0.295. The Bertz CT molecular complexity index is 462. The zero-order chi connectivity index (χ0) is 13.8. The lowest BCUT2D eigenvalue weighted by atomic mass is 10.2. The zero-order valence-corrected chi connectivity index (χ0v) is 12.0. The summed E-state index contributed by atoms with van der Waals surface area (Å²) in [6.07, 6.45) is 2.69. The third-order valence-corrected chi connectivity index (χ3v) is 5.03. The van der Waals surface area contributed by atoms with Crippen LogP contribution in [0.25, 0.3) is 0 Å². The normalized spacial score (nSPS) is 12.3. The van der Waals surface area contributed by atoms with Crippen molar-refractivity contribution in [3.8, 4) is 0 Å². The Morgan fingerprint density at radius 3 is 2.44 bits per heavy atom. The summed E-state index contributed by atoms with van der Waals surface area (Å²) in [6.45, 7) is 4.57. The van der Waals surface area contributed by atoms with E-state index in [1.165, 1.54) is 4.31 Å². The summed E-state index contributed by atoms with van der Waals surface area (Å²) in [5.74, 6) is 0. The molecule has 0 bridgehead atoms. The highest BCUT2D eigenvalue weighted by atomic mass is 32.2. The molecule has 0 aliphatic rings. The van der Waals surface area contributed by atoms with E-state index in [0.717, 1.165) is 19.3 Å². The number of hydrogen-bond donors (Lipinski definition) is 2. The molecule has 3 N–H and O–H groups in total. The van der Waals surface area contributed by atoms with Crippen molar-refractivity contribution in [3.63, 3.8) is 0 Å². The SMILES string of the molecule is Cc1n[nH]c(C)c1S(=O)(=O)N(C)CCCCCN. The highest BCUT2D eigenvalue weighted by Crippen LogP contribution is 2.20. The van der Waals surface area contributed by atoms with Crippen LogP contribution < -0.4 is 5.73 Å². The number of aromatic amines is 1. The second kappa shape index (κ2) is 6.31. The number of nitrogens with zero attached hydrogens (tertiary/aromatic N) is 2. The van der Waals surface area contributed by atoms with Gasteiger partial charge in [0.05, 0.1) is 11.4 Å². The number of nitrogens with two attached hydrogens (primary N) is 1. The fraction of sp³-hybridized carbons (Fsp3) is 0.727. The van der Waals surface area contributed by atoms with Crippen molar-refractivity contribution in [2.75, 3.05) is 20.1 Å². The maximum absolute atomic E-state index is 12.3. The van der Waals surface area contributed by atoms with Crippen LogP contribution in [0, 0.1) is 13.8 Å². The van der Waals surface area contributed by atoms with E-state index in [4.69, 9.17) is 5.73 Å². The molecule has 104 valence electrons. The standard InChI is InChI=1S/C11H22N4O2S/c1-9-11(10(2)14-13-9)18(16,17)15(3)8-6-4-5-7-12/h4-8,12H2,1-3H3,(H,13,14). The van der Waals surface area contributed by atoms with Crippen LogP contribution in [0.5, 0.6) is 0 Å². The van der Waals surface area contributed by atoms with Gasteiger partial charge in [-0.25, -0.2) is 12.7 Å². The Morgan fingerprint density at radius 2 is 1.94 bits per heavy atom. The molecule has 7 heteroatoms. The summed E-state index contributed by atoms with van der Waals surface area (Å²) < 4.78 is 26.1. The van der Waals surface area contributed by atoms with Crippen LogP contribution >= 0.6 is 0 Å². The second-order valence-corrected chi connectivity index (χ2v) is 6.42. The summed E-state index contributed by atoms with van der Waals surface area (Å²) in [7, 11) is -1.83. The molecule has 0 radical (unpaired) electrons. The van der Waals surface area contributed by atoms with Gasteiger partial charge >= 0.3 is 0 Å². The average molecular weight is 274 g/mol. The van der Waals surface area contributed by atoms with Crippen LogP contribution in [0.1, 0.15) is 30.7 Å². The van der Waals surface area contributed by atoms with Gasteiger partial charge in [0, 0.05) is 13.6 Å². The van der Waals surface area contributed by atoms with Gasteiger partial charge in [-0.1, -0.05) is 6.42 Å². The molecule has 0 saturated carbocycles. The van der Waals surface area contributed by atoms with Gasteiger partial charge in [-0.05, 0) is 33.2 Å². The molecule has 0 aromatic carbocycles. The van der Waals surface area contributed by atoms with Crippen LogP contribution in [-0.2, 0) is 10.0 Å². The molecule has 0 saturated heterocycles. The van der Waals surface area contributed by atoms with Crippen molar-refractivity contribution in [1.29, 1.82) is 0 Å². The van der Waals surface area contributed by atoms with E-state index in [1.807, 2.05) is 0 Å². The predicted molar refractivity (Wildman–Crippen MR) is 70.8 cm³/mol. The third kappa shape index (κ3) is 3.30. The molecule has 1 aromatic heterocycles. The minimum Gasteiger partial charge on any atom is -0.330 e. The minimum atomic E-state index is -3.44. The summed E-state index contributed by atoms with van der Waals surface area (Å²) in [5, 5.41) is 6.63. The van der Waals surface area contributed by atoms with Gasteiger partial charge in [0.15, 0.2) is 0 Å². The van der Waals surface area contributed by atoms with Crippen molar-refractivity contribution >= 4 is 10.0 Å². The first-order valence-corrected chi connectivity index (χ1v) is 7.53. The first-order chi connectivity index (χ1) is 8.41. The van der Waals surface area contributed by atoms with E-state index in [1.54, 1.807) is 20.9 Å². The van der Waals surface area contributed by atoms with Crippen molar-refractivity contribution in [3.05, 3.63) is 11.4 Å². The Labute approximate surface area is 109 Å². The van der Waals surface area contributed by atoms with Crippen molar-refractivity contribution in [1.82, 2.24) is 14.5 Å². The molecule has 1 aromatic rings. The lowest BCUT2D eigenvalue weighted by Gasteiger charge is -2.17. The molecule has 0 atom stereocenters. The van der Waals surface area contributed by atoms with Gasteiger partial charge < -0.3 is 5.73 Å². The molecule has 0 aliphatic carbocycles. The first-order valence-electron chi connectivity index (χ1n) is 6.09. The smallest absolute Gasteiger partial charge is 0.246 e. The number of sulfonamides is 1. The topological polar surface area (TPSA) is 92.1 Å². The highest BCUT2D eigenvalue weighted by Gasteiger charge is 2.26. The molecule has 1 heterocycles. The van der Waals surface area contributed by atoms with Crippen LogP contribution in [0.4, 0.5) is 0 Å². The van der Waals surface area contributed by atoms with Gasteiger partial charge in [0.1, 0.15) is 4.90 Å². The quantitative estimate of drug-likeness (QED) is 0.719. The Kier molecular flexibility index (Phi) is 5.30. The highest BCUT2D eigenvalue weighted by molar-refractivity contribution is 7.89. The molecule has 18 heavy (non-hydrogen) atoms. The van der Waals surface area contributed by atoms with Crippen LogP contribution in [-0.4, -0.2) is 43.1 Å². The van der Waals surface area contributed by atoms with Gasteiger partial charge in [-0.15, -0.1) is 0 Å². The van der Waals surface area contributed by atoms with Gasteiger partial charge in [0.25, 0.3) is 0 Å². The Balaban J connectivity index is 2.75. The second-order valence-electron chi connectivity index (χ2n) is 4.44. The summed E-state index contributed by atoms with van der Waals surface area (Å²) >= 11 is 0. The van der Waals surface area contributed by atoms with E-state index in [-0.39, 0.29) is 0 Å². The minimum absolute atomic E-state index is 0.295. The van der Waals surface area contributed by atoms with E-state index in [0.29, 0.717) is 29.4 Å². The monoisotopic (exact) mass is 274 g/mol. The molecule has 0 unspecified atom stereocenters. The van der Waals surface area contributed by atoms with Crippen molar-refractivity contribution < 1.29 is 8.42 Å². The molecule has 0 aliphatic heterocycles. The lowest BCUT2D eigenvalue weighted by molar-refractivity contribution is 0.452. The number of H-pyrrole nitrogens is 1. The van der Waals surface area contributed by atoms with Gasteiger partial charge in [-0.2, -0.15) is 5.10 Å². The van der Waals surface area contributed by atoms with E-state index in [9.17, 15) is 8.42 Å². The number of rotatable bonds is 7. The number of unbranched alkanes of at least 4 members (excludes halogenated alkanes) is 2. The number of aromatic nitrogens is 2. The van der Waals surface area contributed by atoms with Crippen molar-refractivity contribution in [2.45, 2.75) is 38.0 Å². The molecular weight excluding hydrogens is 252 g/mol. The van der Waals surface area contributed by atoms with E-state index >= 15 is 0 Å². The molecule has 6 nitrogen and oxygen atoms in total. The predicted octanol–water partition coefficient (Wildman–Crippen LogP) is 0.776. The third-order valence-electron chi connectivity index (χ3n) is 2.91. The fourth-order valence-corrected chi connectivity index (χ4v) is 3.38. The molecule has 0 fully saturated rings. The molecule has 0 spiro atoms. The molecular formula is C11H22N4O2S. The lowest BCUT2D eigenvalue weighted by Crippen LogP contribution is -2.28. The molecule has 1 rings (SSSR count). The largest absolute Gasteiger partial charge is 0.330 e. The summed E-state index contributed by atoms with van der Waals surface area (Å²) in [6, 6.07) is 0. The van der Waals surface area contributed by atoms with Crippen molar-refractivity contribution in [2.24, 2.45) is 5.73 Å². The van der Waals surface area contributed by atoms with Gasteiger partial charge in [0.2, 0.25) is 10.0 Å². The van der Waals surface area contributed by atoms with Gasteiger partial charge in [-0.3, -0.25) is 5.10 Å². The summed E-state index contributed by atoms with van der Waals surface area (Å²) in [5.41, 5.74) is 6.50. The average Bonchev–Trinajstić information content (AvgIpc) is 2.64. The number of nitrogens with one attached hydrogen (secondary N) is 1. The van der Waals surface area contributed by atoms with Crippen LogP contribution in [0.15, 0.2) is 4.90 Å². The zero-order valence-electron chi connectivity index (χ0n) is 11.2. The maximum Gasteiger partial charge on any atom is 0.246 e. The molecule has 0 amide bonds. The Hall–Kier alpha value is -0.920. The first kappa shape index (κ1) is 15.1. The van der Waals surface area contributed by atoms with Crippen LogP contribution in [0.2, 0.25) is 0 Å². The van der Waals surface area contributed by atoms with E-state index < -0.39 is 10.0 Å².